The minimum absolute atomic E-state index is 0.0621. The lowest BCUT2D eigenvalue weighted by Crippen LogP contribution is -2.02. The number of ketones is 1. The molecule has 0 spiro atoms. The van der Waals surface area contributed by atoms with Gasteiger partial charge in [0.1, 0.15) is 5.78 Å². The summed E-state index contributed by atoms with van der Waals surface area (Å²) in [5.74, 6) is 0.505. The molecule has 0 N–H and O–H groups in total. The monoisotopic (exact) mass is 292 g/mol. The van der Waals surface area contributed by atoms with E-state index in [1.165, 1.54) is 0 Å². The van der Waals surface area contributed by atoms with Gasteiger partial charge in [-0.05, 0) is 24.1 Å². The van der Waals surface area contributed by atoms with Crippen LogP contribution >= 0.6 is 40.2 Å². The highest BCUT2D eigenvalue weighted by molar-refractivity contribution is 9.09. The van der Waals surface area contributed by atoms with E-state index in [-0.39, 0.29) is 10.6 Å². The van der Waals surface area contributed by atoms with Crippen molar-refractivity contribution in [3.63, 3.8) is 0 Å². The third kappa shape index (κ3) is 2.75. The van der Waals surface area contributed by atoms with Crippen molar-refractivity contribution in [2.24, 2.45) is 0 Å². The summed E-state index contributed by atoms with van der Waals surface area (Å²) in [5.41, 5.74) is 1.86. The maximum absolute atomic E-state index is 11.2. The van der Waals surface area contributed by atoms with Gasteiger partial charge in [-0.15, -0.1) is 24.2 Å². The van der Waals surface area contributed by atoms with Crippen molar-refractivity contribution < 1.29 is 4.79 Å². The summed E-state index contributed by atoms with van der Waals surface area (Å²) in [6, 6.07) is 5.65. The second-order valence-corrected chi connectivity index (χ2v) is 4.66. The second kappa shape index (κ2) is 5.19. The number of Topliss-reactive ketones (excluding diaryl/α,β-unsaturated/α-hetero) is 1. The summed E-state index contributed by atoms with van der Waals surface area (Å²) >= 11 is 13.3. The van der Waals surface area contributed by atoms with Crippen LogP contribution in [0, 0.1) is 0 Å². The Morgan fingerprint density at radius 2 is 2.29 bits per heavy atom. The number of halogens is 2. The van der Waals surface area contributed by atoms with Crippen LogP contribution in [0.1, 0.15) is 22.9 Å². The Hall–Kier alpha value is 0.01000. The van der Waals surface area contributed by atoms with Gasteiger partial charge in [-0.2, -0.15) is 0 Å². The normalized spacial score (nSPS) is 12.6. The number of hydrogen-bond acceptors (Lipinski definition) is 2. The number of alkyl halides is 2. The summed E-state index contributed by atoms with van der Waals surface area (Å²) in [6.07, 6.45) is 0. The van der Waals surface area contributed by atoms with Gasteiger partial charge in [-0.1, -0.05) is 28.1 Å². The van der Waals surface area contributed by atoms with Crippen LogP contribution in [0.25, 0.3) is 0 Å². The van der Waals surface area contributed by atoms with Crippen LogP contribution in [-0.2, 0) is 10.7 Å². The van der Waals surface area contributed by atoms with Crippen LogP contribution in [0.2, 0.25) is 0 Å². The molecular weight excluding hydrogens is 284 g/mol. The lowest BCUT2D eigenvalue weighted by Gasteiger charge is -2.10. The van der Waals surface area contributed by atoms with Crippen LogP contribution in [-0.4, -0.2) is 5.78 Å². The molecule has 0 radical (unpaired) electrons. The quantitative estimate of drug-likeness (QED) is 0.663. The predicted molar refractivity (Wildman–Crippen MR) is 65.6 cm³/mol. The maximum Gasteiger partial charge on any atom is 0.147 e. The smallest absolute Gasteiger partial charge is 0.147 e. The van der Waals surface area contributed by atoms with Crippen LogP contribution in [0.15, 0.2) is 23.1 Å². The first kappa shape index (κ1) is 12.1. The van der Waals surface area contributed by atoms with Crippen molar-refractivity contribution in [3.8, 4) is 0 Å². The zero-order valence-electron chi connectivity index (χ0n) is 7.63. The molecule has 76 valence electrons. The van der Waals surface area contributed by atoms with E-state index in [1.54, 1.807) is 6.92 Å². The molecule has 0 saturated carbocycles. The van der Waals surface area contributed by atoms with E-state index in [9.17, 15) is 4.79 Å². The second-order valence-electron chi connectivity index (χ2n) is 3.00. The Morgan fingerprint density at radius 1 is 1.64 bits per heavy atom. The summed E-state index contributed by atoms with van der Waals surface area (Å²) in [6.45, 7) is 1.54. The number of rotatable bonds is 3. The first-order chi connectivity index (χ1) is 6.56. The molecule has 4 heteroatoms. The Labute approximate surface area is 102 Å². The van der Waals surface area contributed by atoms with Gasteiger partial charge in [0.05, 0.1) is 4.83 Å². The van der Waals surface area contributed by atoms with Crippen LogP contribution in [0.5, 0.6) is 0 Å². The number of benzene rings is 1. The maximum atomic E-state index is 11.2. The van der Waals surface area contributed by atoms with Crippen molar-refractivity contribution in [2.45, 2.75) is 22.5 Å². The highest BCUT2D eigenvalue weighted by Crippen LogP contribution is 2.30. The highest BCUT2D eigenvalue weighted by Gasteiger charge is 2.15. The van der Waals surface area contributed by atoms with E-state index < -0.39 is 0 Å². The summed E-state index contributed by atoms with van der Waals surface area (Å²) in [5, 5.41) is 0. The first-order valence-electron chi connectivity index (χ1n) is 4.08. The van der Waals surface area contributed by atoms with Gasteiger partial charge in [-0.25, -0.2) is 0 Å². The third-order valence-corrected chi connectivity index (χ3v) is 3.73. The number of thiol groups is 1. The molecule has 0 aliphatic heterocycles. The van der Waals surface area contributed by atoms with Gasteiger partial charge < -0.3 is 0 Å². The molecular formula is C10H10BrClOS. The Kier molecular flexibility index (Phi) is 4.48. The SMILES string of the molecule is CC(=O)C(Br)c1cc(CCl)ccc1S. The molecule has 0 bridgehead atoms. The molecule has 0 aliphatic rings. The third-order valence-electron chi connectivity index (χ3n) is 1.88. The van der Waals surface area contributed by atoms with Gasteiger partial charge in [0.15, 0.2) is 0 Å². The molecule has 1 atom stereocenters. The first-order valence-corrected chi connectivity index (χ1v) is 5.98. The van der Waals surface area contributed by atoms with Crippen LogP contribution in [0.3, 0.4) is 0 Å². The minimum atomic E-state index is -0.293. The largest absolute Gasteiger partial charge is 0.298 e. The molecule has 1 aromatic rings. The zero-order chi connectivity index (χ0) is 10.7. The number of carbonyl (C=O) groups excluding carboxylic acids is 1. The molecule has 0 saturated heterocycles. The molecule has 0 aliphatic carbocycles. The van der Waals surface area contributed by atoms with Gasteiger partial charge in [-0.3, -0.25) is 4.79 Å². The van der Waals surface area contributed by atoms with Gasteiger partial charge in [0.25, 0.3) is 0 Å². The molecule has 1 aromatic carbocycles. The number of hydrogen-bond donors (Lipinski definition) is 1. The summed E-state index contributed by atoms with van der Waals surface area (Å²) < 4.78 is 0. The Balaban J connectivity index is 3.11. The molecule has 1 rings (SSSR count). The van der Waals surface area contributed by atoms with Gasteiger partial charge in [0, 0.05) is 10.8 Å². The highest BCUT2D eigenvalue weighted by atomic mass is 79.9. The fourth-order valence-corrected chi connectivity index (χ4v) is 2.10. The van der Waals surface area contributed by atoms with E-state index >= 15 is 0 Å². The summed E-state index contributed by atoms with van der Waals surface area (Å²) in [7, 11) is 0. The fraction of sp³-hybridized carbons (Fsp3) is 0.300. The predicted octanol–water partition coefficient (Wildman–Crippen LogP) is 3.74. The molecule has 0 aromatic heterocycles. The molecule has 1 nitrogen and oxygen atoms in total. The van der Waals surface area contributed by atoms with E-state index in [0.717, 1.165) is 16.0 Å². The molecule has 1 unspecified atom stereocenters. The minimum Gasteiger partial charge on any atom is -0.298 e. The average molecular weight is 294 g/mol. The Bertz CT molecular complexity index is 354. The van der Waals surface area contributed by atoms with Crippen molar-refractivity contribution in [2.75, 3.05) is 0 Å². The molecule has 0 heterocycles. The van der Waals surface area contributed by atoms with E-state index in [1.807, 2.05) is 18.2 Å². The van der Waals surface area contributed by atoms with E-state index in [2.05, 4.69) is 28.6 Å². The zero-order valence-corrected chi connectivity index (χ0v) is 10.9. The van der Waals surface area contributed by atoms with Crippen molar-refractivity contribution in [3.05, 3.63) is 29.3 Å². The molecule has 14 heavy (non-hydrogen) atoms. The van der Waals surface area contributed by atoms with Crippen LogP contribution in [0.4, 0.5) is 0 Å². The van der Waals surface area contributed by atoms with Crippen LogP contribution < -0.4 is 0 Å². The number of carbonyl (C=O) groups is 1. The van der Waals surface area contributed by atoms with Gasteiger partial charge in [0.2, 0.25) is 0 Å². The van der Waals surface area contributed by atoms with E-state index in [0.29, 0.717) is 5.88 Å². The fourth-order valence-electron chi connectivity index (χ4n) is 1.11. The standard InChI is InChI=1S/C10H10BrClOS/c1-6(13)10(11)8-4-7(5-12)2-3-9(8)14/h2-4,10,14H,5H2,1H3. The molecule has 0 fully saturated rings. The lowest BCUT2D eigenvalue weighted by molar-refractivity contribution is -0.116. The summed E-state index contributed by atoms with van der Waals surface area (Å²) in [4.78, 5) is 11.7. The topological polar surface area (TPSA) is 17.1 Å². The Morgan fingerprint density at radius 3 is 2.79 bits per heavy atom. The van der Waals surface area contributed by atoms with Crippen molar-refractivity contribution in [1.29, 1.82) is 0 Å². The average Bonchev–Trinajstić information content (AvgIpc) is 2.17. The lowest BCUT2D eigenvalue weighted by atomic mass is 10.1. The van der Waals surface area contributed by atoms with E-state index in [4.69, 9.17) is 11.6 Å². The van der Waals surface area contributed by atoms with Gasteiger partial charge >= 0.3 is 0 Å². The van der Waals surface area contributed by atoms with Crippen molar-refractivity contribution in [1.82, 2.24) is 0 Å². The molecule has 0 amide bonds. The van der Waals surface area contributed by atoms with Crippen molar-refractivity contribution >= 4 is 45.9 Å².